The molecule has 1 atom stereocenters. The summed E-state index contributed by atoms with van der Waals surface area (Å²) in [5, 5.41) is 0. The van der Waals surface area contributed by atoms with Gasteiger partial charge in [-0.05, 0) is 13.3 Å². The molecule has 0 spiro atoms. The molecule has 13 heavy (non-hydrogen) atoms. The van der Waals surface area contributed by atoms with Gasteiger partial charge in [0, 0.05) is 20.2 Å². The molecule has 1 heterocycles. The van der Waals surface area contributed by atoms with Gasteiger partial charge in [0.25, 0.3) is 0 Å². The highest BCUT2D eigenvalue weighted by atomic mass is 16.5. The molecule has 0 aromatic rings. The summed E-state index contributed by atoms with van der Waals surface area (Å²) in [6, 6.07) is 0.404. The number of ether oxygens (including phenoxy) is 1. The Morgan fingerprint density at radius 3 is 3.00 bits per heavy atom. The van der Waals surface area contributed by atoms with E-state index in [1.807, 2.05) is 18.9 Å². The quantitative estimate of drug-likeness (QED) is 0.265. The summed E-state index contributed by atoms with van der Waals surface area (Å²) in [5.41, 5.74) is 2.60. The molecule has 0 aliphatic carbocycles. The van der Waals surface area contributed by atoms with E-state index in [0.29, 0.717) is 6.04 Å². The van der Waals surface area contributed by atoms with Gasteiger partial charge in [-0.3, -0.25) is 10.4 Å². The lowest BCUT2D eigenvalue weighted by molar-refractivity contribution is 0.178. The number of rotatable bonds is 2. The van der Waals surface area contributed by atoms with E-state index in [1.54, 1.807) is 0 Å². The highest BCUT2D eigenvalue weighted by molar-refractivity contribution is 5.79. The van der Waals surface area contributed by atoms with Crippen LogP contribution in [0.4, 0.5) is 0 Å². The molecule has 1 unspecified atom stereocenters. The van der Waals surface area contributed by atoms with Crippen molar-refractivity contribution in [3.05, 3.63) is 0 Å². The third-order valence-electron chi connectivity index (χ3n) is 2.22. The van der Waals surface area contributed by atoms with Crippen LogP contribution in [0.2, 0.25) is 0 Å². The monoisotopic (exact) mass is 186 g/mol. The van der Waals surface area contributed by atoms with Crippen LogP contribution in [-0.4, -0.2) is 43.7 Å². The Balaban J connectivity index is 2.52. The van der Waals surface area contributed by atoms with Crippen molar-refractivity contribution >= 4 is 5.96 Å². The SMILES string of the molecule is CCN=C(NN)N(C)C1CCOC1. The minimum absolute atomic E-state index is 0.404. The molecule has 3 N–H and O–H groups in total. The van der Waals surface area contributed by atoms with Gasteiger partial charge in [-0.15, -0.1) is 0 Å². The lowest BCUT2D eigenvalue weighted by Gasteiger charge is -2.25. The van der Waals surface area contributed by atoms with Crippen molar-refractivity contribution in [2.24, 2.45) is 10.8 Å². The zero-order valence-electron chi connectivity index (χ0n) is 8.29. The van der Waals surface area contributed by atoms with E-state index in [9.17, 15) is 0 Å². The van der Waals surface area contributed by atoms with Gasteiger partial charge in [-0.2, -0.15) is 0 Å². The summed E-state index contributed by atoms with van der Waals surface area (Å²) in [6.45, 7) is 4.31. The first-order chi connectivity index (χ1) is 6.29. The largest absolute Gasteiger partial charge is 0.379 e. The number of hydrogen-bond acceptors (Lipinski definition) is 3. The van der Waals surface area contributed by atoms with Gasteiger partial charge in [0.2, 0.25) is 5.96 Å². The second-order valence-electron chi connectivity index (χ2n) is 3.07. The molecule has 76 valence electrons. The van der Waals surface area contributed by atoms with E-state index in [-0.39, 0.29) is 0 Å². The zero-order chi connectivity index (χ0) is 9.68. The average Bonchev–Trinajstić information content (AvgIpc) is 2.65. The minimum Gasteiger partial charge on any atom is -0.379 e. The van der Waals surface area contributed by atoms with E-state index in [1.165, 1.54) is 0 Å². The third-order valence-corrected chi connectivity index (χ3v) is 2.22. The van der Waals surface area contributed by atoms with Gasteiger partial charge in [0.15, 0.2) is 0 Å². The Morgan fingerprint density at radius 1 is 1.77 bits per heavy atom. The average molecular weight is 186 g/mol. The Hall–Kier alpha value is -0.810. The fraction of sp³-hybridized carbons (Fsp3) is 0.875. The van der Waals surface area contributed by atoms with E-state index < -0.39 is 0 Å². The van der Waals surface area contributed by atoms with E-state index in [2.05, 4.69) is 10.4 Å². The summed E-state index contributed by atoms with van der Waals surface area (Å²) in [5.74, 6) is 6.10. The summed E-state index contributed by atoms with van der Waals surface area (Å²) in [4.78, 5) is 6.28. The molecular formula is C8H18N4O. The number of hydrogen-bond donors (Lipinski definition) is 2. The summed E-state index contributed by atoms with van der Waals surface area (Å²) in [7, 11) is 1.98. The van der Waals surface area contributed by atoms with Gasteiger partial charge in [0.1, 0.15) is 0 Å². The Labute approximate surface area is 78.9 Å². The fourth-order valence-corrected chi connectivity index (χ4v) is 1.41. The standard InChI is InChI=1S/C8H18N4O/c1-3-10-8(11-9)12(2)7-4-5-13-6-7/h7H,3-6,9H2,1-2H3,(H,10,11). The number of hydrazine groups is 1. The second-order valence-corrected chi connectivity index (χ2v) is 3.07. The van der Waals surface area contributed by atoms with Crippen molar-refractivity contribution in [1.82, 2.24) is 10.3 Å². The summed E-state index contributed by atoms with van der Waals surface area (Å²) >= 11 is 0. The fourth-order valence-electron chi connectivity index (χ4n) is 1.41. The van der Waals surface area contributed by atoms with E-state index in [0.717, 1.165) is 32.1 Å². The maximum absolute atomic E-state index is 5.36. The first kappa shape index (κ1) is 10.3. The summed E-state index contributed by atoms with van der Waals surface area (Å²) in [6.07, 6.45) is 1.04. The van der Waals surface area contributed by atoms with Crippen LogP contribution in [-0.2, 0) is 4.74 Å². The minimum atomic E-state index is 0.404. The van der Waals surface area contributed by atoms with Crippen molar-refractivity contribution in [2.45, 2.75) is 19.4 Å². The zero-order valence-corrected chi connectivity index (χ0v) is 8.29. The van der Waals surface area contributed by atoms with Crippen molar-refractivity contribution in [1.29, 1.82) is 0 Å². The van der Waals surface area contributed by atoms with Crippen molar-refractivity contribution < 1.29 is 4.74 Å². The molecule has 1 saturated heterocycles. The number of likely N-dealkylation sites (N-methyl/N-ethyl adjacent to an activating group) is 1. The molecule has 1 aliphatic heterocycles. The lowest BCUT2D eigenvalue weighted by atomic mass is 10.2. The van der Waals surface area contributed by atoms with Gasteiger partial charge in [0.05, 0.1) is 12.6 Å². The number of guanidine groups is 1. The number of nitrogens with one attached hydrogen (secondary N) is 1. The van der Waals surface area contributed by atoms with Crippen LogP contribution in [0.5, 0.6) is 0 Å². The van der Waals surface area contributed by atoms with Crippen LogP contribution in [0.1, 0.15) is 13.3 Å². The van der Waals surface area contributed by atoms with E-state index >= 15 is 0 Å². The topological polar surface area (TPSA) is 62.9 Å². The maximum Gasteiger partial charge on any atom is 0.208 e. The Bertz CT molecular complexity index is 177. The molecule has 0 radical (unpaired) electrons. The van der Waals surface area contributed by atoms with Gasteiger partial charge in [-0.25, -0.2) is 5.84 Å². The Morgan fingerprint density at radius 2 is 2.54 bits per heavy atom. The van der Waals surface area contributed by atoms with Crippen LogP contribution in [0.3, 0.4) is 0 Å². The molecular weight excluding hydrogens is 168 g/mol. The second kappa shape index (κ2) is 5.04. The molecule has 5 heteroatoms. The molecule has 0 aromatic heterocycles. The predicted molar refractivity (Wildman–Crippen MR) is 52.3 cm³/mol. The normalized spacial score (nSPS) is 23.3. The molecule has 0 aromatic carbocycles. The smallest absolute Gasteiger partial charge is 0.208 e. The molecule has 1 aliphatic rings. The van der Waals surface area contributed by atoms with Crippen molar-refractivity contribution in [3.63, 3.8) is 0 Å². The highest BCUT2D eigenvalue weighted by Crippen LogP contribution is 2.10. The lowest BCUT2D eigenvalue weighted by Crippen LogP contribution is -2.47. The van der Waals surface area contributed by atoms with Gasteiger partial charge in [-0.1, -0.05) is 0 Å². The van der Waals surface area contributed by atoms with Crippen LogP contribution in [0.25, 0.3) is 0 Å². The molecule has 0 saturated carbocycles. The van der Waals surface area contributed by atoms with Gasteiger partial charge < -0.3 is 9.64 Å². The number of nitrogens with zero attached hydrogens (tertiary/aromatic N) is 2. The molecule has 1 rings (SSSR count). The van der Waals surface area contributed by atoms with Gasteiger partial charge >= 0.3 is 0 Å². The maximum atomic E-state index is 5.36. The first-order valence-electron chi connectivity index (χ1n) is 4.61. The molecule has 0 bridgehead atoms. The van der Waals surface area contributed by atoms with Crippen molar-refractivity contribution in [2.75, 3.05) is 26.8 Å². The van der Waals surface area contributed by atoms with Crippen LogP contribution >= 0.6 is 0 Å². The molecule has 0 amide bonds. The van der Waals surface area contributed by atoms with Crippen molar-refractivity contribution in [3.8, 4) is 0 Å². The van der Waals surface area contributed by atoms with E-state index in [4.69, 9.17) is 10.6 Å². The van der Waals surface area contributed by atoms with Crippen LogP contribution in [0.15, 0.2) is 4.99 Å². The highest BCUT2D eigenvalue weighted by Gasteiger charge is 2.22. The van der Waals surface area contributed by atoms with Crippen LogP contribution in [0, 0.1) is 0 Å². The van der Waals surface area contributed by atoms with Crippen LogP contribution < -0.4 is 11.3 Å². The molecule has 5 nitrogen and oxygen atoms in total. The molecule has 1 fully saturated rings. The number of nitrogens with two attached hydrogens (primary N) is 1. The predicted octanol–water partition coefficient (Wildman–Crippen LogP) is -0.454. The first-order valence-corrected chi connectivity index (χ1v) is 4.61. The number of aliphatic imine (C=N–C) groups is 1. The Kier molecular flexibility index (Phi) is 3.98. The third kappa shape index (κ3) is 2.57. The summed E-state index contributed by atoms with van der Waals surface area (Å²) < 4.78 is 5.29.